The minimum atomic E-state index is 0.234. The van der Waals surface area contributed by atoms with Crippen molar-refractivity contribution in [1.82, 2.24) is 5.32 Å². The van der Waals surface area contributed by atoms with Gasteiger partial charge in [-0.05, 0) is 17.9 Å². The van der Waals surface area contributed by atoms with Crippen LogP contribution in [0.2, 0.25) is 0 Å². The fourth-order valence-electron chi connectivity index (χ4n) is 2.03. The van der Waals surface area contributed by atoms with E-state index >= 15 is 0 Å². The molecular formula is C15H25N. The zero-order chi connectivity index (χ0) is 12.3. The number of rotatable bonds is 3. The lowest BCUT2D eigenvalue weighted by Crippen LogP contribution is -2.36. The number of hydrogen-bond acceptors (Lipinski definition) is 1. The molecule has 1 heteroatoms. The predicted octanol–water partition coefficient (Wildman–Crippen LogP) is 4.08. The van der Waals surface area contributed by atoms with Crippen LogP contribution in [0.15, 0.2) is 24.3 Å². The van der Waals surface area contributed by atoms with Gasteiger partial charge in [0.1, 0.15) is 0 Å². The molecule has 0 aromatic heterocycles. The van der Waals surface area contributed by atoms with Crippen LogP contribution >= 0.6 is 0 Å². The van der Waals surface area contributed by atoms with Gasteiger partial charge in [0.25, 0.3) is 0 Å². The van der Waals surface area contributed by atoms with Crippen molar-refractivity contribution in [2.45, 2.75) is 53.6 Å². The molecule has 0 aliphatic heterocycles. The summed E-state index contributed by atoms with van der Waals surface area (Å²) >= 11 is 0. The Morgan fingerprint density at radius 2 is 1.75 bits per heavy atom. The van der Waals surface area contributed by atoms with Crippen LogP contribution in [-0.4, -0.2) is 6.04 Å². The van der Waals surface area contributed by atoms with Gasteiger partial charge in [0.15, 0.2) is 0 Å². The van der Waals surface area contributed by atoms with Crippen LogP contribution in [0.25, 0.3) is 0 Å². The van der Waals surface area contributed by atoms with Crippen molar-refractivity contribution in [2.75, 3.05) is 0 Å². The second kappa shape index (κ2) is 5.01. The van der Waals surface area contributed by atoms with Gasteiger partial charge in [-0.1, -0.05) is 64.4 Å². The number of aryl methyl sites for hydroxylation is 1. The van der Waals surface area contributed by atoms with Gasteiger partial charge >= 0.3 is 0 Å². The topological polar surface area (TPSA) is 12.0 Å². The SMILES string of the molecule is Cc1cccc(C(NC(C)C)C(C)(C)C)c1. The summed E-state index contributed by atoms with van der Waals surface area (Å²) in [5, 5.41) is 3.66. The van der Waals surface area contributed by atoms with E-state index < -0.39 is 0 Å². The summed E-state index contributed by atoms with van der Waals surface area (Å²) < 4.78 is 0. The molecule has 0 heterocycles. The standard InChI is InChI=1S/C15H25N/c1-11(2)16-14(15(4,5)6)13-9-7-8-12(3)10-13/h7-11,14,16H,1-6H3. The van der Waals surface area contributed by atoms with Crippen molar-refractivity contribution < 1.29 is 0 Å². The highest BCUT2D eigenvalue weighted by atomic mass is 15.0. The Morgan fingerprint density at radius 1 is 1.12 bits per heavy atom. The molecule has 1 aromatic carbocycles. The number of benzene rings is 1. The Balaban J connectivity index is 3.01. The molecule has 0 amide bonds. The average molecular weight is 219 g/mol. The highest BCUT2D eigenvalue weighted by molar-refractivity contribution is 5.26. The Bertz CT molecular complexity index is 334. The van der Waals surface area contributed by atoms with Crippen LogP contribution in [0.4, 0.5) is 0 Å². The highest BCUT2D eigenvalue weighted by Gasteiger charge is 2.26. The van der Waals surface area contributed by atoms with Gasteiger partial charge in [-0.3, -0.25) is 0 Å². The number of hydrogen-bond donors (Lipinski definition) is 1. The summed E-state index contributed by atoms with van der Waals surface area (Å²) in [7, 11) is 0. The molecule has 0 spiro atoms. The highest BCUT2D eigenvalue weighted by Crippen LogP contribution is 2.33. The molecule has 1 N–H and O–H groups in total. The zero-order valence-electron chi connectivity index (χ0n) is 11.5. The largest absolute Gasteiger partial charge is 0.307 e. The molecule has 1 unspecified atom stereocenters. The predicted molar refractivity (Wildman–Crippen MR) is 71.6 cm³/mol. The van der Waals surface area contributed by atoms with Crippen LogP contribution in [0.1, 0.15) is 51.8 Å². The van der Waals surface area contributed by atoms with E-state index in [9.17, 15) is 0 Å². The molecule has 0 saturated carbocycles. The Morgan fingerprint density at radius 3 is 2.19 bits per heavy atom. The third-order valence-electron chi connectivity index (χ3n) is 2.74. The molecule has 1 atom stereocenters. The van der Waals surface area contributed by atoms with Crippen LogP contribution < -0.4 is 5.32 Å². The van der Waals surface area contributed by atoms with Crippen molar-refractivity contribution in [3.8, 4) is 0 Å². The number of nitrogens with one attached hydrogen (secondary N) is 1. The van der Waals surface area contributed by atoms with Crippen molar-refractivity contribution in [3.63, 3.8) is 0 Å². The van der Waals surface area contributed by atoms with Gasteiger partial charge in [0.2, 0.25) is 0 Å². The van der Waals surface area contributed by atoms with E-state index in [1.165, 1.54) is 11.1 Å². The molecule has 1 nitrogen and oxygen atoms in total. The first-order chi connectivity index (χ1) is 7.30. The second-order valence-corrected chi connectivity index (χ2v) is 6.03. The summed E-state index contributed by atoms with van der Waals surface area (Å²) in [4.78, 5) is 0. The van der Waals surface area contributed by atoms with Gasteiger partial charge in [-0.2, -0.15) is 0 Å². The summed E-state index contributed by atoms with van der Waals surface area (Å²) in [6.45, 7) is 13.4. The van der Waals surface area contributed by atoms with Gasteiger partial charge in [0, 0.05) is 12.1 Å². The van der Waals surface area contributed by atoms with Crippen LogP contribution in [0.3, 0.4) is 0 Å². The molecule has 0 aliphatic rings. The van der Waals surface area contributed by atoms with E-state index in [0.29, 0.717) is 12.1 Å². The van der Waals surface area contributed by atoms with Gasteiger partial charge in [-0.15, -0.1) is 0 Å². The van der Waals surface area contributed by atoms with Crippen LogP contribution in [0, 0.1) is 12.3 Å². The van der Waals surface area contributed by atoms with E-state index in [2.05, 4.69) is 71.1 Å². The third kappa shape index (κ3) is 3.64. The Kier molecular flexibility index (Phi) is 4.15. The van der Waals surface area contributed by atoms with Gasteiger partial charge < -0.3 is 5.32 Å². The average Bonchev–Trinajstić information content (AvgIpc) is 2.12. The molecule has 0 saturated heterocycles. The maximum absolute atomic E-state index is 3.66. The summed E-state index contributed by atoms with van der Waals surface area (Å²) in [6.07, 6.45) is 0. The first kappa shape index (κ1) is 13.2. The molecule has 0 bridgehead atoms. The second-order valence-electron chi connectivity index (χ2n) is 6.03. The fraction of sp³-hybridized carbons (Fsp3) is 0.600. The monoisotopic (exact) mass is 219 g/mol. The van der Waals surface area contributed by atoms with Crippen LogP contribution in [0.5, 0.6) is 0 Å². The molecular weight excluding hydrogens is 194 g/mol. The van der Waals surface area contributed by atoms with Crippen molar-refractivity contribution in [2.24, 2.45) is 5.41 Å². The Labute approximate surface area is 100 Å². The molecule has 90 valence electrons. The summed E-state index contributed by atoms with van der Waals surface area (Å²) in [5.41, 5.74) is 2.96. The Hall–Kier alpha value is -0.820. The van der Waals surface area contributed by atoms with Gasteiger partial charge in [-0.25, -0.2) is 0 Å². The minimum absolute atomic E-state index is 0.234. The zero-order valence-corrected chi connectivity index (χ0v) is 11.5. The van der Waals surface area contributed by atoms with E-state index in [-0.39, 0.29) is 5.41 Å². The molecule has 0 aliphatic carbocycles. The molecule has 0 radical (unpaired) electrons. The molecule has 1 aromatic rings. The first-order valence-electron chi connectivity index (χ1n) is 6.13. The quantitative estimate of drug-likeness (QED) is 0.807. The van der Waals surface area contributed by atoms with E-state index in [1.807, 2.05) is 0 Å². The van der Waals surface area contributed by atoms with Gasteiger partial charge in [0.05, 0.1) is 0 Å². The van der Waals surface area contributed by atoms with E-state index in [1.54, 1.807) is 0 Å². The normalized spacial score (nSPS) is 14.2. The third-order valence-corrected chi connectivity index (χ3v) is 2.74. The van der Waals surface area contributed by atoms with Crippen molar-refractivity contribution in [3.05, 3.63) is 35.4 Å². The lowest BCUT2D eigenvalue weighted by atomic mass is 9.81. The summed E-state index contributed by atoms with van der Waals surface area (Å²) in [6, 6.07) is 9.71. The maximum Gasteiger partial charge on any atom is 0.0371 e. The van der Waals surface area contributed by atoms with E-state index in [4.69, 9.17) is 0 Å². The molecule has 16 heavy (non-hydrogen) atoms. The summed E-state index contributed by atoms with van der Waals surface area (Å²) in [5.74, 6) is 0. The maximum atomic E-state index is 3.66. The lowest BCUT2D eigenvalue weighted by Gasteiger charge is -2.34. The van der Waals surface area contributed by atoms with Crippen molar-refractivity contribution in [1.29, 1.82) is 0 Å². The first-order valence-corrected chi connectivity index (χ1v) is 6.13. The fourth-order valence-corrected chi connectivity index (χ4v) is 2.03. The minimum Gasteiger partial charge on any atom is -0.307 e. The van der Waals surface area contributed by atoms with Crippen molar-refractivity contribution >= 4 is 0 Å². The lowest BCUT2D eigenvalue weighted by molar-refractivity contribution is 0.258. The smallest absolute Gasteiger partial charge is 0.0371 e. The van der Waals surface area contributed by atoms with E-state index in [0.717, 1.165) is 0 Å². The van der Waals surface area contributed by atoms with Crippen LogP contribution in [-0.2, 0) is 0 Å². The molecule has 1 rings (SSSR count). The molecule has 0 fully saturated rings.